The lowest BCUT2D eigenvalue weighted by molar-refractivity contribution is 0.0792. The number of carbonyl (C=O) groups is 2. The predicted molar refractivity (Wildman–Crippen MR) is 128 cm³/mol. The van der Waals surface area contributed by atoms with Crippen molar-refractivity contribution in [1.82, 2.24) is 4.90 Å². The quantitative estimate of drug-likeness (QED) is 0.459. The minimum absolute atomic E-state index is 0.0442. The maximum absolute atomic E-state index is 13.3. The zero-order valence-corrected chi connectivity index (χ0v) is 17.7. The lowest BCUT2D eigenvalue weighted by Gasteiger charge is -2.19. The van der Waals surface area contributed by atoms with Gasteiger partial charge in [-0.25, -0.2) is 0 Å². The van der Waals surface area contributed by atoms with Crippen LogP contribution in [-0.2, 0) is 0 Å². The van der Waals surface area contributed by atoms with E-state index < -0.39 is 0 Å². The van der Waals surface area contributed by atoms with Crippen LogP contribution in [0.2, 0.25) is 0 Å². The van der Waals surface area contributed by atoms with Gasteiger partial charge in [-0.3, -0.25) is 9.59 Å². The summed E-state index contributed by atoms with van der Waals surface area (Å²) in [5, 5.41) is 4.88. The van der Waals surface area contributed by atoms with Crippen LogP contribution in [0.4, 0.5) is 5.69 Å². The molecule has 32 heavy (non-hydrogen) atoms. The molecule has 4 aromatic rings. The van der Waals surface area contributed by atoms with Gasteiger partial charge in [-0.2, -0.15) is 0 Å². The summed E-state index contributed by atoms with van der Waals surface area (Å²) in [6.07, 6.45) is 0.945. The molecule has 0 spiro atoms. The molecule has 1 unspecified atom stereocenters. The summed E-state index contributed by atoms with van der Waals surface area (Å²) in [5.41, 5.74) is 2.92. The number of hydrogen-bond donors (Lipinski definition) is 1. The van der Waals surface area contributed by atoms with Crippen LogP contribution in [0.1, 0.15) is 38.6 Å². The molecular formula is C28H24N2O2. The van der Waals surface area contributed by atoms with Crippen LogP contribution >= 0.6 is 0 Å². The first-order chi connectivity index (χ1) is 15.7. The van der Waals surface area contributed by atoms with E-state index in [2.05, 4.69) is 17.4 Å². The molecule has 1 N–H and O–H groups in total. The maximum atomic E-state index is 13.3. The van der Waals surface area contributed by atoms with Crippen molar-refractivity contribution in [3.63, 3.8) is 0 Å². The van der Waals surface area contributed by atoms with E-state index in [4.69, 9.17) is 0 Å². The van der Waals surface area contributed by atoms with E-state index in [1.807, 2.05) is 77.7 Å². The minimum Gasteiger partial charge on any atom is -0.338 e. The molecule has 0 bridgehead atoms. The summed E-state index contributed by atoms with van der Waals surface area (Å²) in [6, 6.07) is 31.1. The lowest BCUT2D eigenvalue weighted by Crippen LogP contribution is -2.29. The third-order valence-electron chi connectivity index (χ3n) is 6.19. The Morgan fingerprint density at radius 2 is 1.44 bits per heavy atom. The Balaban J connectivity index is 1.37. The monoisotopic (exact) mass is 420 g/mol. The van der Waals surface area contributed by atoms with Crippen LogP contribution < -0.4 is 5.32 Å². The molecule has 158 valence electrons. The number of hydrogen-bond acceptors (Lipinski definition) is 2. The van der Waals surface area contributed by atoms with Gasteiger partial charge in [-0.15, -0.1) is 0 Å². The smallest absolute Gasteiger partial charge is 0.256 e. The van der Waals surface area contributed by atoms with Crippen LogP contribution in [-0.4, -0.2) is 29.8 Å². The van der Waals surface area contributed by atoms with Crippen molar-refractivity contribution < 1.29 is 9.59 Å². The molecular weight excluding hydrogens is 396 g/mol. The zero-order chi connectivity index (χ0) is 21.9. The largest absolute Gasteiger partial charge is 0.338 e. The highest BCUT2D eigenvalue weighted by molar-refractivity contribution is 6.14. The molecule has 4 heteroatoms. The summed E-state index contributed by atoms with van der Waals surface area (Å²) in [5.74, 6) is 0.0838. The molecule has 2 amide bonds. The average Bonchev–Trinajstić information content (AvgIpc) is 3.34. The van der Waals surface area contributed by atoms with E-state index in [0.717, 1.165) is 17.2 Å². The molecule has 1 saturated heterocycles. The predicted octanol–water partition coefficient (Wildman–Crippen LogP) is 5.72. The van der Waals surface area contributed by atoms with Crippen molar-refractivity contribution in [3.05, 3.63) is 114 Å². The second kappa shape index (κ2) is 8.67. The van der Waals surface area contributed by atoms with Crippen LogP contribution in [0, 0.1) is 0 Å². The fourth-order valence-corrected chi connectivity index (χ4v) is 4.50. The number of para-hydroxylation sites is 1. The average molecular weight is 421 g/mol. The highest BCUT2D eigenvalue weighted by Crippen LogP contribution is 2.29. The first-order valence-electron chi connectivity index (χ1n) is 10.9. The van der Waals surface area contributed by atoms with Gasteiger partial charge in [0.05, 0.1) is 11.3 Å². The Labute approximate surface area is 187 Å². The molecule has 0 aliphatic carbocycles. The number of fused-ring (bicyclic) bond motifs is 1. The number of nitrogens with zero attached hydrogens (tertiary/aromatic N) is 1. The van der Waals surface area contributed by atoms with E-state index in [1.54, 1.807) is 12.1 Å². The summed E-state index contributed by atoms with van der Waals surface area (Å²) in [6.45, 7) is 1.40. The van der Waals surface area contributed by atoms with Crippen LogP contribution in [0.25, 0.3) is 10.8 Å². The lowest BCUT2D eigenvalue weighted by atomic mass is 9.99. The van der Waals surface area contributed by atoms with Crippen molar-refractivity contribution in [2.45, 2.75) is 12.3 Å². The van der Waals surface area contributed by atoms with Crippen molar-refractivity contribution in [2.75, 3.05) is 18.4 Å². The van der Waals surface area contributed by atoms with E-state index in [-0.39, 0.29) is 11.8 Å². The normalized spacial score (nSPS) is 15.6. The number of amides is 2. The van der Waals surface area contributed by atoms with Gasteiger partial charge in [0.15, 0.2) is 0 Å². The molecule has 1 heterocycles. The molecule has 4 nitrogen and oxygen atoms in total. The number of nitrogens with one attached hydrogen (secondary N) is 1. The van der Waals surface area contributed by atoms with Gasteiger partial charge in [0.25, 0.3) is 11.8 Å². The molecule has 0 radical (unpaired) electrons. The first kappa shape index (κ1) is 20.0. The Hall–Kier alpha value is -3.92. The van der Waals surface area contributed by atoms with Crippen LogP contribution in [0.3, 0.4) is 0 Å². The number of anilines is 1. The third-order valence-corrected chi connectivity index (χ3v) is 6.19. The Kier molecular flexibility index (Phi) is 5.42. The first-order valence-corrected chi connectivity index (χ1v) is 10.9. The van der Waals surface area contributed by atoms with Crippen molar-refractivity contribution in [3.8, 4) is 0 Å². The van der Waals surface area contributed by atoms with Gasteiger partial charge in [-0.05, 0) is 41.0 Å². The van der Waals surface area contributed by atoms with Gasteiger partial charge in [0.1, 0.15) is 0 Å². The molecule has 1 atom stereocenters. The van der Waals surface area contributed by atoms with Crippen LogP contribution in [0.15, 0.2) is 97.1 Å². The summed E-state index contributed by atoms with van der Waals surface area (Å²) < 4.78 is 0. The molecule has 0 saturated carbocycles. The third kappa shape index (κ3) is 3.87. The molecule has 1 aliphatic rings. The van der Waals surface area contributed by atoms with E-state index in [1.165, 1.54) is 5.56 Å². The Bertz CT molecular complexity index is 1280. The number of rotatable bonds is 4. The zero-order valence-electron chi connectivity index (χ0n) is 17.7. The molecule has 5 rings (SSSR count). The number of benzene rings is 4. The minimum atomic E-state index is -0.217. The van der Waals surface area contributed by atoms with Crippen molar-refractivity contribution >= 4 is 28.3 Å². The highest BCUT2D eigenvalue weighted by atomic mass is 16.2. The van der Waals surface area contributed by atoms with E-state index in [0.29, 0.717) is 35.8 Å². The Morgan fingerprint density at radius 1 is 0.750 bits per heavy atom. The number of carbonyl (C=O) groups excluding carboxylic acids is 2. The fraction of sp³-hybridized carbons (Fsp3) is 0.143. The SMILES string of the molecule is O=C(Nc1ccccc1C(=O)N1CCC(c2ccccc2)C1)c1cccc2ccccc12. The second-order valence-corrected chi connectivity index (χ2v) is 8.17. The van der Waals surface area contributed by atoms with Gasteiger partial charge in [0.2, 0.25) is 0 Å². The maximum Gasteiger partial charge on any atom is 0.256 e. The molecule has 1 fully saturated rings. The van der Waals surface area contributed by atoms with E-state index in [9.17, 15) is 9.59 Å². The van der Waals surface area contributed by atoms with Crippen molar-refractivity contribution in [2.24, 2.45) is 0 Å². The topological polar surface area (TPSA) is 49.4 Å². The second-order valence-electron chi connectivity index (χ2n) is 8.17. The molecule has 0 aromatic heterocycles. The summed E-state index contributed by atoms with van der Waals surface area (Å²) >= 11 is 0. The van der Waals surface area contributed by atoms with Crippen LogP contribution in [0.5, 0.6) is 0 Å². The fourth-order valence-electron chi connectivity index (χ4n) is 4.50. The standard InChI is InChI=1S/C28H24N2O2/c31-27(24-15-8-12-21-11-4-5-13-23(21)24)29-26-16-7-6-14-25(26)28(32)30-18-17-22(19-30)20-9-2-1-3-10-20/h1-16,22H,17-19H2,(H,29,31). The molecule has 4 aromatic carbocycles. The van der Waals surface area contributed by atoms with Gasteiger partial charge in [0, 0.05) is 24.6 Å². The highest BCUT2D eigenvalue weighted by Gasteiger charge is 2.29. The van der Waals surface area contributed by atoms with Crippen molar-refractivity contribution in [1.29, 1.82) is 0 Å². The van der Waals surface area contributed by atoms with Gasteiger partial charge >= 0.3 is 0 Å². The summed E-state index contributed by atoms with van der Waals surface area (Å²) in [7, 11) is 0. The summed E-state index contributed by atoms with van der Waals surface area (Å²) in [4.78, 5) is 28.4. The van der Waals surface area contributed by atoms with E-state index >= 15 is 0 Å². The number of likely N-dealkylation sites (tertiary alicyclic amines) is 1. The molecule has 1 aliphatic heterocycles. The van der Waals surface area contributed by atoms with Gasteiger partial charge in [-0.1, -0.05) is 78.9 Å². The Morgan fingerprint density at radius 3 is 2.31 bits per heavy atom. The van der Waals surface area contributed by atoms with Gasteiger partial charge < -0.3 is 10.2 Å².